The maximum atomic E-state index is 12.7. The lowest BCUT2D eigenvalue weighted by atomic mass is 10.1. The number of aromatic nitrogens is 1. The normalized spacial score (nSPS) is 14.9. The van der Waals surface area contributed by atoms with Gasteiger partial charge >= 0.3 is 0 Å². The molecule has 0 unspecified atom stereocenters. The van der Waals surface area contributed by atoms with Crippen molar-refractivity contribution in [2.45, 2.75) is 19.3 Å². The average molecular weight is 480 g/mol. The number of rotatable bonds is 8. The van der Waals surface area contributed by atoms with E-state index in [4.69, 9.17) is 12.2 Å². The Morgan fingerprint density at radius 3 is 2.56 bits per heavy atom. The second-order valence-electron chi connectivity index (χ2n) is 7.19. The number of carbonyl (C=O) groups is 2. The molecule has 1 saturated heterocycles. The van der Waals surface area contributed by atoms with E-state index in [0.29, 0.717) is 33.7 Å². The third kappa shape index (κ3) is 5.91. The SMILES string of the molecule is O=C(CCCN1C(=O)C(=Cc2ccccc2)SC1=S)Nc1ncc(Cc2ccccc2)s1. The minimum absolute atomic E-state index is 0.102. The largest absolute Gasteiger partial charge is 0.302 e. The number of amides is 2. The van der Waals surface area contributed by atoms with Gasteiger partial charge in [-0.05, 0) is 23.6 Å². The number of hydrogen-bond acceptors (Lipinski definition) is 6. The Bertz CT molecular complexity index is 1140. The molecular weight excluding hydrogens is 458 g/mol. The van der Waals surface area contributed by atoms with E-state index in [9.17, 15) is 9.59 Å². The molecule has 0 aliphatic carbocycles. The number of nitrogens with zero attached hydrogens (tertiary/aromatic N) is 2. The monoisotopic (exact) mass is 479 g/mol. The lowest BCUT2D eigenvalue weighted by Gasteiger charge is -2.13. The van der Waals surface area contributed by atoms with Crippen molar-refractivity contribution in [1.29, 1.82) is 0 Å². The summed E-state index contributed by atoms with van der Waals surface area (Å²) < 4.78 is 0.531. The second-order valence-corrected chi connectivity index (χ2v) is 9.98. The van der Waals surface area contributed by atoms with Crippen LogP contribution in [0.1, 0.15) is 28.8 Å². The molecule has 2 aromatic carbocycles. The number of thioether (sulfide) groups is 1. The van der Waals surface area contributed by atoms with Crippen LogP contribution in [-0.4, -0.2) is 32.6 Å². The van der Waals surface area contributed by atoms with Crippen LogP contribution >= 0.6 is 35.3 Å². The first kappa shape index (κ1) is 22.4. The molecule has 8 heteroatoms. The number of benzene rings is 2. The number of carbonyl (C=O) groups excluding carboxylic acids is 2. The summed E-state index contributed by atoms with van der Waals surface area (Å²) in [4.78, 5) is 32.6. The van der Waals surface area contributed by atoms with E-state index < -0.39 is 0 Å². The van der Waals surface area contributed by atoms with Gasteiger partial charge in [0.25, 0.3) is 5.91 Å². The third-order valence-electron chi connectivity index (χ3n) is 4.78. The van der Waals surface area contributed by atoms with Crippen LogP contribution in [0, 0.1) is 0 Å². The van der Waals surface area contributed by atoms with Gasteiger partial charge in [-0.25, -0.2) is 4.98 Å². The van der Waals surface area contributed by atoms with Crippen LogP contribution in [0.15, 0.2) is 71.8 Å². The Balaban J connectivity index is 1.25. The van der Waals surface area contributed by atoms with Gasteiger partial charge in [0.2, 0.25) is 5.91 Å². The van der Waals surface area contributed by atoms with Crippen molar-refractivity contribution in [2.75, 3.05) is 11.9 Å². The minimum Gasteiger partial charge on any atom is -0.302 e. The van der Waals surface area contributed by atoms with Crippen molar-refractivity contribution in [3.8, 4) is 0 Å². The van der Waals surface area contributed by atoms with E-state index in [1.54, 1.807) is 11.1 Å². The van der Waals surface area contributed by atoms with E-state index in [1.807, 2.05) is 54.6 Å². The summed E-state index contributed by atoms with van der Waals surface area (Å²) in [6, 6.07) is 19.8. The number of anilines is 1. The Kier molecular flexibility index (Phi) is 7.47. The van der Waals surface area contributed by atoms with Crippen LogP contribution in [0.3, 0.4) is 0 Å². The van der Waals surface area contributed by atoms with Gasteiger partial charge in [-0.1, -0.05) is 84.6 Å². The molecule has 0 bridgehead atoms. The standard InChI is InChI=1S/C24H21N3O2S3/c28-21(26-23-25-16-19(31-23)14-17-8-3-1-4-9-17)12-7-13-27-22(29)20(32-24(27)30)15-18-10-5-2-6-11-18/h1-6,8-11,15-16H,7,12-14H2,(H,25,26,28). The number of hydrogen-bond donors (Lipinski definition) is 1. The second kappa shape index (κ2) is 10.7. The van der Waals surface area contributed by atoms with Crippen LogP contribution in [0.2, 0.25) is 0 Å². The third-order valence-corrected chi connectivity index (χ3v) is 7.07. The lowest BCUT2D eigenvalue weighted by molar-refractivity contribution is -0.122. The molecular formula is C24H21N3O2S3. The number of nitrogens with one attached hydrogen (secondary N) is 1. The molecule has 2 amide bonds. The summed E-state index contributed by atoms with van der Waals surface area (Å²) in [6.45, 7) is 0.418. The fraction of sp³-hybridized carbons (Fsp3) is 0.167. The summed E-state index contributed by atoms with van der Waals surface area (Å²) in [6.07, 6.45) is 5.26. The van der Waals surface area contributed by atoms with Gasteiger partial charge in [0.15, 0.2) is 5.13 Å². The zero-order valence-corrected chi connectivity index (χ0v) is 19.6. The molecule has 0 atom stereocenters. The van der Waals surface area contributed by atoms with Crippen LogP contribution in [0.5, 0.6) is 0 Å². The molecule has 0 spiro atoms. The smallest absolute Gasteiger partial charge is 0.266 e. The highest BCUT2D eigenvalue weighted by molar-refractivity contribution is 8.26. The first-order valence-electron chi connectivity index (χ1n) is 10.2. The number of thiocarbonyl (C=S) groups is 1. The predicted octanol–water partition coefficient (Wildman–Crippen LogP) is 5.35. The predicted molar refractivity (Wildman–Crippen MR) is 136 cm³/mol. The van der Waals surface area contributed by atoms with Gasteiger partial charge in [-0.2, -0.15) is 0 Å². The summed E-state index contributed by atoms with van der Waals surface area (Å²) in [5.41, 5.74) is 2.17. The molecule has 1 aliphatic heterocycles. The summed E-state index contributed by atoms with van der Waals surface area (Å²) >= 11 is 8.15. The first-order valence-corrected chi connectivity index (χ1v) is 12.2. The van der Waals surface area contributed by atoms with Gasteiger partial charge in [-0.15, -0.1) is 11.3 Å². The quantitative estimate of drug-likeness (QED) is 0.348. The fourth-order valence-electron chi connectivity index (χ4n) is 3.22. The molecule has 1 aromatic heterocycles. The molecule has 32 heavy (non-hydrogen) atoms. The minimum atomic E-state index is -0.115. The van der Waals surface area contributed by atoms with Gasteiger partial charge in [0.1, 0.15) is 4.32 Å². The molecule has 0 radical (unpaired) electrons. The molecule has 5 nitrogen and oxygen atoms in total. The molecule has 1 aliphatic rings. The van der Waals surface area contributed by atoms with Crippen LogP contribution in [-0.2, 0) is 16.0 Å². The zero-order valence-electron chi connectivity index (χ0n) is 17.2. The van der Waals surface area contributed by atoms with Crippen molar-refractivity contribution in [2.24, 2.45) is 0 Å². The molecule has 1 fully saturated rings. The van der Waals surface area contributed by atoms with E-state index in [2.05, 4.69) is 22.4 Å². The van der Waals surface area contributed by atoms with Gasteiger partial charge in [0, 0.05) is 30.5 Å². The molecule has 0 saturated carbocycles. The van der Waals surface area contributed by atoms with Crippen LogP contribution in [0.25, 0.3) is 6.08 Å². The Morgan fingerprint density at radius 2 is 1.81 bits per heavy atom. The van der Waals surface area contributed by atoms with Crippen molar-refractivity contribution < 1.29 is 9.59 Å². The van der Waals surface area contributed by atoms with Crippen molar-refractivity contribution in [1.82, 2.24) is 9.88 Å². The van der Waals surface area contributed by atoms with Crippen LogP contribution < -0.4 is 5.32 Å². The van der Waals surface area contributed by atoms with Gasteiger partial charge in [-0.3, -0.25) is 14.5 Å². The Labute approximate surface area is 200 Å². The fourth-order valence-corrected chi connectivity index (χ4v) is 5.39. The summed E-state index contributed by atoms with van der Waals surface area (Å²) in [7, 11) is 0. The summed E-state index contributed by atoms with van der Waals surface area (Å²) in [5, 5.41) is 3.45. The molecule has 3 aromatic rings. The van der Waals surface area contributed by atoms with E-state index in [0.717, 1.165) is 16.9 Å². The van der Waals surface area contributed by atoms with Crippen molar-refractivity contribution in [3.05, 3.63) is 87.8 Å². The molecule has 2 heterocycles. The van der Waals surface area contributed by atoms with Gasteiger partial charge < -0.3 is 5.32 Å². The number of thiazole rings is 1. The molecule has 162 valence electrons. The van der Waals surface area contributed by atoms with E-state index >= 15 is 0 Å². The topological polar surface area (TPSA) is 62.3 Å². The lowest BCUT2D eigenvalue weighted by Crippen LogP contribution is -2.29. The average Bonchev–Trinajstić information content (AvgIpc) is 3.33. The maximum Gasteiger partial charge on any atom is 0.266 e. The van der Waals surface area contributed by atoms with Gasteiger partial charge in [0.05, 0.1) is 4.91 Å². The molecule has 1 N–H and O–H groups in total. The van der Waals surface area contributed by atoms with Crippen molar-refractivity contribution >= 4 is 62.7 Å². The zero-order chi connectivity index (χ0) is 22.3. The van der Waals surface area contributed by atoms with E-state index in [-0.39, 0.29) is 11.8 Å². The van der Waals surface area contributed by atoms with Crippen molar-refractivity contribution in [3.63, 3.8) is 0 Å². The molecule has 4 rings (SSSR count). The highest BCUT2D eigenvalue weighted by atomic mass is 32.2. The van der Waals surface area contributed by atoms with Crippen LogP contribution in [0.4, 0.5) is 5.13 Å². The highest BCUT2D eigenvalue weighted by Gasteiger charge is 2.31. The highest BCUT2D eigenvalue weighted by Crippen LogP contribution is 2.32. The first-order chi connectivity index (χ1) is 15.6. The Morgan fingerprint density at radius 1 is 1.09 bits per heavy atom. The van der Waals surface area contributed by atoms with E-state index in [1.165, 1.54) is 28.7 Å². The maximum absolute atomic E-state index is 12.7. The summed E-state index contributed by atoms with van der Waals surface area (Å²) in [5.74, 6) is -0.217. The Hall–Kier alpha value is -2.81.